The number of fused-ring (bicyclic) bond motifs is 1. The van der Waals surface area contributed by atoms with Crippen molar-refractivity contribution in [3.05, 3.63) is 29.0 Å². The highest BCUT2D eigenvalue weighted by Gasteiger charge is 2.50. The molecule has 1 aromatic carbocycles. The van der Waals surface area contributed by atoms with Crippen LogP contribution in [0.5, 0.6) is 0 Å². The zero-order chi connectivity index (χ0) is 14.0. The molecule has 2 aromatic rings. The van der Waals surface area contributed by atoms with Crippen molar-refractivity contribution in [2.24, 2.45) is 23.2 Å². The molecule has 0 atom stereocenters. The van der Waals surface area contributed by atoms with Crippen LogP contribution >= 0.6 is 11.6 Å². The quantitative estimate of drug-likeness (QED) is 0.833. The van der Waals surface area contributed by atoms with Gasteiger partial charge in [-0.2, -0.15) is 0 Å². The normalized spacial score (nSPS) is 37.5. The molecule has 4 saturated carbocycles. The van der Waals surface area contributed by atoms with Crippen LogP contribution in [0.15, 0.2) is 18.2 Å². The fourth-order valence-corrected chi connectivity index (χ4v) is 6.21. The number of hydrogen-bond acceptors (Lipinski definition) is 1. The second-order valence-electron chi connectivity index (χ2n) is 7.91. The summed E-state index contributed by atoms with van der Waals surface area (Å²) in [5.74, 6) is 4.16. The number of H-pyrrole nitrogens is 1. The highest BCUT2D eigenvalue weighted by molar-refractivity contribution is 6.34. The van der Waals surface area contributed by atoms with E-state index < -0.39 is 0 Å². The topological polar surface area (TPSA) is 28.7 Å². The third-order valence-corrected chi connectivity index (χ3v) is 6.53. The average molecular weight is 301 g/mol. The third-order valence-electron chi connectivity index (χ3n) is 6.22. The van der Waals surface area contributed by atoms with Gasteiger partial charge in [0.1, 0.15) is 11.3 Å². The second-order valence-corrected chi connectivity index (χ2v) is 8.32. The maximum absolute atomic E-state index is 6.26. The maximum Gasteiger partial charge on any atom is 0.107 e. The van der Waals surface area contributed by atoms with Crippen LogP contribution in [-0.2, 0) is 6.42 Å². The molecule has 0 spiro atoms. The molecule has 0 aliphatic heterocycles. The Hall–Kier alpha value is -1.02. The summed E-state index contributed by atoms with van der Waals surface area (Å²) in [6.07, 6.45) is 9.94. The number of aromatic nitrogens is 2. The van der Waals surface area contributed by atoms with Gasteiger partial charge in [-0.25, -0.2) is 4.98 Å². The summed E-state index contributed by atoms with van der Waals surface area (Å²) >= 11 is 6.26. The van der Waals surface area contributed by atoms with Crippen LogP contribution in [0.3, 0.4) is 0 Å². The SMILES string of the molecule is Clc1cccc2[nH]c(CC34CC5CC(CC(C5)C3)C4)nc12. The van der Waals surface area contributed by atoms with E-state index in [0.717, 1.165) is 46.1 Å². The zero-order valence-corrected chi connectivity index (χ0v) is 13.0. The molecule has 1 heterocycles. The molecular weight excluding hydrogens is 280 g/mol. The van der Waals surface area contributed by atoms with Crippen molar-refractivity contribution in [3.8, 4) is 0 Å². The molecule has 6 rings (SSSR count). The van der Waals surface area contributed by atoms with Crippen molar-refractivity contribution in [2.75, 3.05) is 0 Å². The molecule has 1 aromatic heterocycles. The first-order chi connectivity index (χ1) is 10.2. The van der Waals surface area contributed by atoms with Gasteiger partial charge in [0.15, 0.2) is 0 Å². The molecule has 110 valence electrons. The first kappa shape index (κ1) is 12.5. The molecule has 4 aliphatic rings. The number of nitrogens with one attached hydrogen (secondary N) is 1. The average Bonchev–Trinajstić information content (AvgIpc) is 2.80. The van der Waals surface area contributed by atoms with E-state index >= 15 is 0 Å². The van der Waals surface area contributed by atoms with Crippen LogP contribution < -0.4 is 0 Å². The van der Waals surface area contributed by atoms with Gasteiger partial charge in [0.2, 0.25) is 0 Å². The lowest BCUT2D eigenvalue weighted by molar-refractivity contribution is -0.0530. The van der Waals surface area contributed by atoms with Gasteiger partial charge < -0.3 is 4.98 Å². The zero-order valence-electron chi connectivity index (χ0n) is 12.2. The number of hydrogen-bond donors (Lipinski definition) is 1. The van der Waals surface area contributed by atoms with Gasteiger partial charge in [-0.1, -0.05) is 17.7 Å². The molecule has 4 fully saturated rings. The predicted octanol–water partition coefficient (Wildman–Crippen LogP) is 4.98. The van der Waals surface area contributed by atoms with E-state index in [-0.39, 0.29) is 0 Å². The number of para-hydroxylation sites is 1. The number of rotatable bonds is 2. The second kappa shape index (κ2) is 4.25. The Labute approximate surface area is 130 Å². The van der Waals surface area contributed by atoms with Crippen LogP contribution in [0.1, 0.15) is 44.3 Å². The van der Waals surface area contributed by atoms with Crippen molar-refractivity contribution < 1.29 is 0 Å². The number of aromatic amines is 1. The Bertz CT molecular complexity index is 667. The van der Waals surface area contributed by atoms with Gasteiger partial charge in [0.05, 0.1) is 10.5 Å². The minimum absolute atomic E-state index is 0.537. The Morgan fingerprint density at radius 2 is 1.76 bits per heavy atom. The van der Waals surface area contributed by atoms with Crippen molar-refractivity contribution in [1.29, 1.82) is 0 Å². The summed E-state index contributed by atoms with van der Waals surface area (Å²) in [6, 6.07) is 6.01. The summed E-state index contributed by atoms with van der Waals surface area (Å²) in [5, 5.41) is 0.764. The maximum atomic E-state index is 6.26. The number of nitrogens with zero attached hydrogens (tertiary/aromatic N) is 1. The summed E-state index contributed by atoms with van der Waals surface area (Å²) < 4.78 is 0. The van der Waals surface area contributed by atoms with Crippen molar-refractivity contribution in [3.63, 3.8) is 0 Å². The molecule has 1 N–H and O–H groups in total. The van der Waals surface area contributed by atoms with Crippen LogP contribution in [0.4, 0.5) is 0 Å². The van der Waals surface area contributed by atoms with Crippen LogP contribution in [0.2, 0.25) is 5.02 Å². The van der Waals surface area contributed by atoms with Crippen molar-refractivity contribution >= 4 is 22.6 Å². The van der Waals surface area contributed by atoms with E-state index in [1.54, 1.807) is 0 Å². The van der Waals surface area contributed by atoms with Gasteiger partial charge in [0.25, 0.3) is 0 Å². The minimum Gasteiger partial charge on any atom is -0.342 e. The van der Waals surface area contributed by atoms with E-state index in [0.29, 0.717) is 5.41 Å². The molecular formula is C18H21ClN2. The molecule has 0 radical (unpaired) electrons. The van der Waals surface area contributed by atoms with E-state index in [1.165, 1.54) is 38.5 Å². The van der Waals surface area contributed by atoms with E-state index in [4.69, 9.17) is 16.6 Å². The first-order valence-corrected chi connectivity index (χ1v) is 8.70. The summed E-state index contributed by atoms with van der Waals surface area (Å²) in [6.45, 7) is 0. The number of benzene rings is 1. The largest absolute Gasteiger partial charge is 0.342 e. The highest BCUT2D eigenvalue weighted by atomic mass is 35.5. The summed E-state index contributed by atoms with van der Waals surface area (Å²) in [7, 11) is 0. The van der Waals surface area contributed by atoms with Gasteiger partial charge in [-0.15, -0.1) is 0 Å². The van der Waals surface area contributed by atoms with Gasteiger partial charge in [0, 0.05) is 6.42 Å². The smallest absolute Gasteiger partial charge is 0.107 e. The molecule has 0 unspecified atom stereocenters. The molecule has 21 heavy (non-hydrogen) atoms. The van der Waals surface area contributed by atoms with E-state index in [1.807, 2.05) is 12.1 Å². The Morgan fingerprint density at radius 1 is 1.10 bits per heavy atom. The Morgan fingerprint density at radius 3 is 2.38 bits per heavy atom. The van der Waals surface area contributed by atoms with E-state index in [9.17, 15) is 0 Å². The monoisotopic (exact) mass is 300 g/mol. The molecule has 2 nitrogen and oxygen atoms in total. The lowest BCUT2D eigenvalue weighted by Gasteiger charge is -2.56. The van der Waals surface area contributed by atoms with Crippen molar-refractivity contribution in [1.82, 2.24) is 9.97 Å². The lowest BCUT2D eigenvalue weighted by atomic mass is 9.49. The molecule has 0 saturated heterocycles. The fraction of sp³-hybridized carbons (Fsp3) is 0.611. The number of imidazole rings is 1. The van der Waals surface area contributed by atoms with Crippen molar-refractivity contribution in [2.45, 2.75) is 44.9 Å². The Balaban J connectivity index is 1.49. The molecule has 4 aliphatic carbocycles. The first-order valence-electron chi connectivity index (χ1n) is 8.32. The lowest BCUT2D eigenvalue weighted by Crippen LogP contribution is -2.47. The number of halogens is 1. The van der Waals surface area contributed by atoms with Gasteiger partial charge in [-0.05, 0) is 73.8 Å². The standard InChI is InChI=1S/C18H21ClN2/c19-14-2-1-3-15-17(14)21-16(20-15)10-18-7-11-4-12(8-18)6-13(5-11)9-18/h1-3,11-13H,4-10H2,(H,20,21). The summed E-state index contributed by atoms with van der Waals surface area (Å²) in [4.78, 5) is 8.32. The van der Waals surface area contributed by atoms with Gasteiger partial charge in [-0.3, -0.25) is 0 Å². The molecule has 0 amide bonds. The predicted molar refractivity (Wildman–Crippen MR) is 85.4 cm³/mol. The van der Waals surface area contributed by atoms with Crippen LogP contribution in [0, 0.1) is 23.2 Å². The minimum atomic E-state index is 0.537. The molecule has 4 bridgehead atoms. The van der Waals surface area contributed by atoms with Crippen LogP contribution in [0.25, 0.3) is 11.0 Å². The third kappa shape index (κ3) is 1.95. The highest BCUT2D eigenvalue weighted by Crippen LogP contribution is 2.60. The van der Waals surface area contributed by atoms with Crippen LogP contribution in [-0.4, -0.2) is 9.97 Å². The fourth-order valence-electron chi connectivity index (χ4n) is 5.99. The summed E-state index contributed by atoms with van der Waals surface area (Å²) in [5.41, 5.74) is 2.57. The van der Waals surface area contributed by atoms with E-state index in [2.05, 4.69) is 11.1 Å². The molecule has 3 heteroatoms. The van der Waals surface area contributed by atoms with Gasteiger partial charge >= 0.3 is 0 Å². The Kier molecular flexibility index (Phi) is 2.54.